The molecule has 2 N–H and O–H groups in total. The maximum absolute atomic E-state index is 13.2. The zero-order valence-electron chi connectivity index (χ0n) is 19.7. The summed E-state index contributed by atoms with van der Waals surface area (Å²) in [6.07, 6.45) is 13.9. The summed E-state index contributed by atoms with van der Waals surface area (Å²) in [7, 11) is 0. The van der Waals surface area contributed by atoms with E-state index in [2.05, 4.69) is 20.8 Å². The second-order valence-electron chi connectivity index (χ2n) is 9.55. The normalized spacial score (nSPS) is 20.3. The lowest BCUT2D eigenvalue weighted by molar-refractivity contribution is -0.122. The van der Waals surface area contributed by atoms with Crippen LogP contribution >= 0.6 is 0 Å². The molecule has 34 heavy (non-hydrogen) atoms. The Bertz CT molecular complexity index is 1160. The predicted octanol–water partition coefficient (Wildman–Crippen LogP) is 3.07. The molecule has 1 saturated heterocycles. The van der Waals surface area contributed by atoms with Crippen LogP contribution in [0.3, 0.4) is 0 Å². The SMILES string of the molecule is CCn1nccc1C(=O)N[C@H](c1cn2ncc(CC3CCNC3=O)cc2n1)C1CCCCCC1. The van der Waals surface area contributed by atoms with Crippen molar-refractivity contribution in [3.63, 3.8) is 0 Å². The maximum Gasteiger partial charge on any atom is 0.270 e. The lowest BCUT2D eigenvalue weighted by atomic mass is 9.90. The maximum atomic E-state index is 13.2. The second-order valence-corrected chi connectivity index (χ2v) is 9.55. The monoisotopic (exact) mass is 463 g/mol. The number of carbonyl (C=O) groups excluding carboxylic acids is 2. The van der Waals surface area contributed by atoms with Crippen molar-refractivity contribution in [2.45, 2.75) is 70.9 Å². The van der Waals surface area contributed by atoms with Crippen molar-refractivity contribution in [1.29, 1.82) is 0 Å². The van der Waals surface area contributed by atoms with E-state index < -0.39 is 0 Å². The highest BCUT2D eigenvalue weighted by Crippen LogP contribution is 2.33. The highest BCUT2D eigenvalue weighted by Gasteiger charge is 2.30. The van der Waals surface area contributed by atoms with Crippen LogP contribution in [0.2, 0.25) is 0 Å². The summed E-state index contributed by atoms with van der Waals surface area (Å²) in [4.78, 5) is 30.1. The molecule has 9 heteroatoms. The smallest absolute Gasteiger partial charge is 0.270 e. The second kappa shape index (κ2) is 9.95. The zero-order valence-corrected chi connectivity index (χ0v) is 19.7. The molecule has 1 saturated carbocycles. The van der Waals surface area contributed by atoms with Gasteiger partial charge in [-0.05, 0) is 56.2 Å². The Morgan fingerprint density at radius 1 is 1.21 bits per heavy atom. The summed E-state index contributed by atoms with van der Waals surface area (Å²) in [6.45, 7) is 3.36. The number of hydrogen-bond acceptors (Lipinski definition) is 5. The summed E-state index contributed by atoms with van der Waals surface area (Å²) in [5.74, 6) is 0.328. The Morgan fingerprint density at radius 2 is 2.03 bits per heavy atom. The first kappa shape index (κ1) is 22.6. The number of amides is 2. The molecule has 2 aliphatic rings. The summed E-state index contributed by atoms with van der Waals surface area (Å²) in [5.41, 5.74) is 3.16. The number of nitrogens with one attached hydrogen (secondary N) is 2. The fraction of sp³-hybridized carbons (Fsp3) is 0.560. The van der Waals surface area contributed by atoms with Crippen LogP contribution < -0.4 is 10.6 Å². The first-order chi connectivity index (χ1) is 16.6. The number of hydrogen-bond donors (Lipinski definition) is 2. The molecule has 1 unspecified atom stereocenters. The number of imidazole rings is 1. The number of fused-ring (bicyclic) bond motifs is 1. The minimum absolute atomic E-state index is 0.000116. The topological polar surface area (TPSA) is 106 Å². The molecule has 2 amide bonds. The van der Waals surface area contributed by atoms with Crippen molar-refractivity contribution in [1.82, 2.24) is 35.0 Å². The molecule has 2 atom stereocenters. The van der Waals surface area contributed by atoms with Crippen LogP contribution in [0.5, 0.6) is 0 Å². The van der Waals surface area contributed by atoms with Gasteiger partial charge in [0.05, 0.1) is 24.1 Å². The van der Waals surface area contributed by atoms with E-state index in [0.717, 1.165) is 42.7 Å². The molecule has 1 aliphatic carbocycles. The molecular formula is C25H33N7O2. The molecular weight excluding hydrogens is 430 g/mol. The van der Waals surface area contributed by atoms with E-state index in [1.165, 1.54) is 25.7 Å². The van der Waals surface area contributed by atoms with Crippen LogP contribution in [0.25, 0.3) is 5.65 Å². The first-order valence-electron chi connectivity index (χ1n) is 12.6. The van der Waals surface area contributed by atoms with Crippen LogP contribution in [-0.2, 0) is 17.8 Å². The molecule has 0 spiro atoms. The van der Waals surface area contributed by atoms with Gasteiger partial charge in [-0.3, -0.25) is 14.3 Å². The zero-order chi connectivity index (χ0) is 23.5. The fourth-order valence-corrected chi connectivity index (χ4v) is 5.39. The molecule has 0 radical (unpaired) electrons. The minimum Gasteiger partial charge on any atom is -0.356 e. The van der Waals surface area contributed by atoms with Gasteiger partial charge in [0.1, 0.15) is 5.69 Å². The van der Waals surface area contributed by atoms with Gasteiger partial charge in [-0.2, -0.15) is 10.2 Å². The Labute approximate surface area is 199 Å². The summed E-state index contributed by atoms with van der Waals surface area (Å²) < 4.78 is 3.50. The average molecular weight is 464 g/mol. The highest BCUT2D eigenvalue weighted by atomic mass is 16.2. The van der Waals surface area contributed by atoms with Crippen LogP contribution in [-0.4, -0.2) is 42.7 Å². The van der Waals surface area contributed by atoms with E-state index >= 15 is 0 Å². The quantitative estimate of drug-likeness (QED) is 0.524. The van der Waals surface area contributed by atoms with Crippen molar-refractivity contribution < 1.29 is 9.59 Å². The molecule has 1 aliphatic heterocycles. The predicted molar refractivity (Wildman–Crippen MR) is 127 cm³/mol. The average Bonchev–Trinajstić information content (AvgIpc) is 3.53. The van der Waals surface area contributed by atoms with Crippen molar-refractivity contribution in [3.05, 3.63) is 47.7 Å². The van der Waals surface area contributed by atoms with Gasteiger partial charge in [-0.25, -0.2) is 9.50 Å². The Hall–Kier alpha value is -3.23. The molecule has 3 aromatic rings. The van der Waals surface area contributed by atoms with Crippen molar-refractivity contribution in [2.75, 3.05) is 6.54 Å². The van der Waals surface area contributed by atoms with Crippen molar-refractivity contribution in [3.8, 4) is 0 Å². The standard InChI is InChI=1S/C25H33N7O2/c1-2-31-21(10-12-27-31)25(34)30-23(18-7-5-3-4-6-8-18)20-16-32-22(29-20)14-17(15-28-32)13-19-9-11-26-24(19)33/h10,12,14-16,18-19,23H,2-9,11,13H2,1H3,(H,26,33)(H,30,34)/t19?,23-/m0/s1. The van der Waals surface area contributed by atoms with E-state index in [0.29, 0.717) is 24.6 Å². The van der Waals surface area contributed by atoms with E-state index in [1.54, 1.807) is 21.5 Å². The van der Waals surface area contributed by atoms with Gasteiger partial charge in [-0.15, -0.1) is 0 Å². The van der Waals surface area contributed by atoms with Gasteiger partial charge in [0.2, 0.25) is 5.91 Å². The summed E-state index contributed by atoms with van der Waals surface area (Å²) in [6, 6.07) is 3.59. The Balaban J connectivity index is 1.42. The largest absolute Gasteiger partial charge is 0.356 e. The van der Waals surface area contributed by atoms with E-state index in [-0.39, 0.29) is 23.8 Å². The van der Waals surface area contributed by atoms with Crippen LogP contribution in [0.15, 0.2) is 30.7 Å². The summed E-state index contributed by atoms with van der Waals surface area (Å²) in [5, 5.41) is 15.0. The van der Waals surface area contributed by atoms with Gasteiger partial charge >= 0.3 is 0 Å². The fourth-order valence-electron chi connectivity index (χ4n) is 5.39. The van der Waals surface area contributed by atoms with Crippen LogP contribution in [0.1, 0.15) is 79.7 Å². The number of rotatable bonds is 7. The highest BCUT2D eigenvalue weighted by molar-refractivity contribution is 5.92. The molecule has 4 heterocycles. The molecule has 9 nitrogen and oxygen atoms in total. The van der Waals surface area contributed by atoms with Gasteiger partial charge in [0.25, 0.3) is 5.91 Å². The number of nitrogens with zero attached hydrogens (tertiary/aromatic N) is 5. The van der Waals surface area contributed by atoms with Crippen molar-refractivity contribution in [2.24, 2.45) is 11.8 Å². The number of carbonyl (C=O) groups is 2. The lowest BCUT2D eigenvalue weighted by Gasteiger charge is -2.26. The third-order valence-electron chi connectivity index (χ3n) is 7.27. The van der Waals surface area contributed by atoms with Gasteiger partial charge in [0, 0.05) is 25.2 Å². The molecule has 3 aromatic heterocycles. The Morgan fingerprint density at radius 3 is 2.76 bits per heavy atom. The lowest BCUT2D eigenvalue weighted by Crippen LogP contribution is -2.35. The minimum atomic E-state index is -0.184. The third kappa shape index (κ3) is 4.69. The number of aryl methyl sites for hydroxylation is 1. The number of aromatic nitrogens is 5. The van der Waals surface area contributed by atoms with Crippen molar-refractivity contribution >= 4 is 17.5 Å². The third-order valence-corrected chi connectivity index (χ3v) is 7.27. The first-order valence-corrected chi connectivity index (χ1v) is 12.6. The van der Waals surface area contributed by atoms with E-state index in [4.69, 9.17) is 4.98 Å². The van der Waals surface area contributed by atoms with E-state index in [9.17, 15) is 9.59 Å². The molecule has 0 bridgehead atoms. The van der Waals surface area contributed by atoms with Crippen LogP contribution in [0, 0.1) is 11.8 Å². The summed E-state index contributed by atoms with van der Waals surface area (Å²) >= 11 is 0. The molecule has 2 fully saturated rings. The van der Waals surface area contributed by atoms with Gasteiger partial charge in [-0.1, -0.05) is 25.7 Å². The molecule has 180 valence electrons. The Kier molecular flexibility index (Phi) is 6.60. The molecule has 5 rings (SSSR count). The van der Waals surface area contributed by atoms with Crippen LogP contribution in [0.4, 0.5) is 0 Å². The van der Waals surface area contributed by atoms with Gasteiger partial charge in [0.15, 0.2) is 5.65 Å². The van der Waals surface area contributed by atoms with Gasteiger partial charge < -0.3 is 10.6 Å². The van der Waals surface area contributed by atoms with E-state index in [1.807, 2.05) is 25.4 Å². The molecule has 0 aromatic carbocycles.